The minimum absolute atomic E-state index is 0.0782. The molecule has 2 aromatic carbocycles. The Morgan fingerprint density at radius 1 is 1.12 bits per heavy atom. The number of benzene rings is 2. The molecule has 24 heavy (non-hydrogen) atoms. The molecule has 0 unspecified atom stereocenters. The van der Waals surface area contributed by atoms with Crippen LogP contribution in [-0.2, 0) is 0 Å². The third-order valence-electron chi connectivity index (χ3n) is 3.94. The fraction of sp³-hybridized carbons (Fsp3) is 0.0556. The van der Waals surface area contributed by atoms with Gasteiger partial charge in [0.1, 0.15) is 0 Å². The molecule has 0 N–H and O–H groups in total. The van der Waals surface area contributed by atoms with Crippen LogP contribution in [0.5, 0.6) is 0 Å². The van der Waals surface area contributed by atoms with Gasteiger partial charge in [0, 0.05) is 31.9 Å². The van der Waals surface area contributed by atoms with Gasteiger partial charge in [0.2, 0.25) is 5.91 Å². The highest BCUT2D eigenvalue weighted by molar-refractivity contribution is 14.1. The average molecular weight is 448 g/mol. The van der Waals surface area contributed by atoms with Gasteiger partial charge in [0.25, 0.3) is 0 Å². The zero-order valence-corrected chi connectivity index (χ0v) is 15.5. The SMILES string of the molecule is CC(=O)n1c2cccc(I)c2c2cc(-c3ccc(Cl)cc3)nnc21. The Morgan fingerprint density at radius 3 is 2.58 bits per heavy atom. The molecule has 0 atom stereocenters. The van der Waals surface area contributed by atoms with E-state index < -0.39 is 0 Å². The molecule has 0 bridgehead atoms. The number of fused-ring (bicyclic) bond motifs is 3. The molecule has 6 heteroatoms. The van der Waals surface area contributed by atoms with E-state index in [2.05, 4.69) is 32.8 Å². The summed E-state index contributed by atoms with van der Waals surface area (Å²) in [5.74, 6) is -0.0782. The summed E-state index contributed by atoms with van der Waals surface area (Å²) in [5.41, 5.74) is 3.12. The van der Waals surface area contributed by atoms with E-state index in [1.54, 1.807) is 4.57 Å². The van der Waals surface area contributed by atoms with Gasteiger partial charge in [0.05, 0.1) is 11.2 Å². The maximum Gasteiger partial charge on any atom is 0.229 e. The van der Waals surface area contributed by atoms with Crippen molar-refractivity contribution in [2.45, 2.75) is 6.92 Å². The van der Waals surface area contributed by atoms with Crippen molar-refractivity contribution in [3.8, 4) is 11.3 Å². The molecule has 4 nitrogen and oxygen atoms in total. The molecule has 0 radical (unpaired) electrons. The van der Waals surface area contributed by atoms with Crippen LogP contribution in [0.2, 0.25) is 5.02 Å². The molecule has 0 saturated carbocycles. The third-order valence-corrected chi connectivity index (χ3v) is 5.09. The van der Waals surface area contributed by atoms with E-state index in [1.807, 2.05) is 48.5 Å². The van der Waals surface area contributed by atoms with Crippen molar-refractivity contribution >= 4 is 62.0 Å². The number of hydrogen-bond acceptors (Lipinski definition) is 3. The lowest BCUT2D eigenvalue weighted by molar-refractivity contribution is 0.0945. The maximum absolute atomic E-state index is 12.1. The molecular weight excluding hydrogens is 437 g/mol. The number of aromatic nitrogens is 3. The van der Waals surface area contributed by atoms with Crippen molar-refractivity contribution in [1.82, 2.24) is 14.8 Å². The molecule has 0 saturated heterocycles. The molecule has 2 heterocycles. The zero-order valence-electron chi connectivity index (χ0n) is 12.6. The summed E-state index contributed by atoms with van der Waals surface area (Å²) >= 11 is 8.24. The summed E-state index contributed by atoms with van der Waals surface area (Å²) in [5, 5.41) is 11.3. The molecule has 0 fully saturated rings. The molecule has 0 aliphatic heterocycles. The number of halogens is 2. The summed E-state index contributed by atoms with van der Waals surface area (Å²) in [6, 6.07) is 15.3. The first-order chi connectivity index (χ1) is 11.6. The lowest BCUT2D eigenvalue weighted by atomic mass is 10.1. The highest BCUT2D eigenvalue weighted by Gasteiger charge is 2.18. The van der Waals surface area contributed by atoms with Gasteiger partial charge in [-0.15, -0.1) is 10.2 Å². The van der Waals surface area contributed by atoms with Crippen LogP contribution < -0.4 is 0 Å². The Morgan fingerprint density at radius 2 is 1.88 bits per heavy atom. The molecule has 0 amide bonds. The van der Waals surface area contributed by atoms with Crippen LogP contribution in [0.25, 0.3) is 33.2 Å². The smallest absolute Gasteiger partial charge is 0.229 e. The van der Waals surface area contributed by atoms with E-state index in [0.29, 0.717) is 10.7 Å². The van der Waals surface area contributed by atoms with Gasteiger partial charge in [-0.3, -0.25) is 9.36 Å². The number of rotatable bonds is 1. The summed E-state index contributed by atoms with van der Waals surface area (Å²) in [6.45, 7) is 1.54. The minimum Gasteiger partial charge on any atom is -0.274 e. The predicted molar refractivity (Wildman–Crippen MR) is 104 cm³/mol. The van der Waals surface area contributed by atoms with Gasteiger partial charge in [0.15, 0.2) is 5.65 Å². The lowest BCUT2D eigenvalue weighted by Gasteiger charge is -2.02. The molecule has 4 aromatic rings. The second-order valence-electron chi connectivity index (χ2n) is 5.46. The summed E-state index contributed by atoms with van der Waals surface area (Å²) in [7, 11) is 0. The Labute approximate surface area is 156 Å². The van der Waals surface area contributed by atoms with Crippen LogP contribution in [0.1, 0.15) is 11.7 Å². The average Bonchev–Trinajstić information content (AvgIpc) is 2.90. The van der Waals surface area contributed by atoms with E-state index in [9.17, 15) is 4.79 Å². The van der Waals surface area contributed by atoms with Gasteiger partial charge >= 0.3 is 0 Å². The first-order valence-corrected chi connectivity index (χ1v) is 8.75. The zero-order chi connectivity index (χ0) is 16.8. The summed E-state index contributed by atoms with van der Waals surface area (Å²) < 4.78 is 2.69. The van der Waals surface area contributed by atoms with Crippen LogP contribution in [-0.4, -0.2) is 20.7 Å². The topological polar surface area (TPSA) is 47.8 Å². The van der Waals surface area contributed by atoms with Crippen molar-refractivity contribution in [1.29, 1.82) is 0 Å². The van der Waals surface area contributed by atoms with Gasteiger partial charge < -0.3 is 0 Å². The number of carbonyl (C=O) groups excluding carboxylic acids is 1. The van der Waals surface area contributed by atoms with Gasteiger partial charge in [-0.2, -0.15) is 0 Å². The molecule has 118 valence electrons. The number of hydrogen-bond donors (Lipinski definition) is 0. The van der Waals surface area contributed by atoms with Crippen LogP contribution in [0.4, 0.5) is 0 Å². The minimum atomic E-state index is -0.0782. The van der Waals surface area contributed by atoms with E-state index in [1.165, 1.54) is 6.92 Å². The van der Waals surface area contributed by atoms with Crippen LogP contribution in [0.3, 0.4) is 0 Å². The van der Waals surface area contributed by atoms with Crippen LogP contribution in [0, 0.1) is 3.57 Å². The fourth-order valence-electron chi connectivity index (χ4n) is 2.89. The second-order valence-corrected chi connectivity index (χ2v) is 7.06. The van der Waals surface area contributed by atoms with E-state index in [0.717, 1.165) is 31.1 Å². The van der Waals surface area contributed by atoms with Crippen molar-refractivity contribution in [2.75, 3.05) is 0 Å². The summed E-state index contributed by atoms with van der Waals surface area (Å²) in [6.07, 6.45) is 0. The monoisotopic (exact) mass is 447 g/mol. The van der Waals surface area contributed by atoms with Gasteiger partial charge in [-0.05, 0) is 52.9 Å². The highest BCUT2D eigenvalue weighted by Crippen LogP contribution is 2.33. The van der Waals surface area contributed by atoms with Crippen LogP contribution in [0.15, 0.2) is 48.5 Å². The first kappa shape index (κ1) is 15.5. The molecule has 2 aromatic heterocycles. The third kappa shape index (κ3) is 2.39. The normalized spacial score (nSPS) is 11.3. The first-order valence-electron chi connectivity index (χ1n) is 7.29. The number of nitrogens with zero attached hydrogens (tertiary/aromatic N) is 3. The van der Waals surface area contributed by atoms with Crippen molar-refractivity contribution in [2.24, 2.45) is 0 Å². The van der Waals surface area contributed by atoms with Gasteiger partial charge in [-0.1, -0.05) is 29.8 Å². The Hall–Kier alpha value is -1.99. The van der Waals surface area contributed by atoms with Gasteiger partial charge in [-0.25, -0.2) is 0 Å². The Kier molecular flexibility index (Phi) is 3.77. The molecule has 4 rings (SSSR count). The molecular formula is C18H11ClIN3O. The van der Waals surface area contributed by atoms with E-state index in [-0.39, 0.29) is 5.91 Å². The van der Waals surface area contributed by atoms with Crippen molar-refractivity contribution < 1.29 is 4.79 Å². The largest absolute Gasteiger partial charge is 0.274 e. The molecule has 0 aliphatic carbocycles. The Balaban J connectivity index is 2.08. The Bertz CT molecular complexity index is 1100. The molecule has 0 spiro atoms. The van der Waals surface area contributed by atoms with Crippen LogP contribution >= 0.6 is 34.2 Å². The number of carbonyl (C=O) groups is 1. The van der Waals surface area contributed by atoms with Crippen molar-refractivity contribution in [3.63, 3.8) is 0 Å². The van der Waals surface area contributed by atoms with E-state index >= 15 is 0 Å². The van der Waals surface area contributed by atoms with Crippen molar-refractivity contribution in [3.05, 3.63) is 57.1 Å². The maximum atomic E-state index is 12.1. The van der Waals surface area contributed by atoms with E-state index in [4.69, 9.17) is 11.6 Å². The fourth-order valence-corrected chi connectivity index (χ4v) is 3.80. The highest BCUT2D eigenvalue weighted by atomic mass is 127. The second kappa shape index (κ2) is 5.82. The summed E-state index contributed by atoms with van der Waals surface area (Å²) in [4.78, 5) is 12.1. The predicted octanol–water partition coefficient (Wildman–Crippen LogP) is 5.17. The lowest BCUT2D eigenvalue weighted by Crippen LogP contribution is -2.06. The molecule has 0 aliphatic rings. The standard InChI is InChI=1S/C18H11ClIN3O/c1-10(24)23-16-4-2-3-14(20)17(16)13-9-15(21-22-18(13)23)11-5-7-12(19)8-6-11/h2-9H,1H3. The quantitative estimate of drug-likeness (QED) is 0.378.